The topological polar surface area (TPSA) is 29.5 Å². The van der Waals surface area contributed by atoms with E-state index >= 15 is 0 Å². The Bertz CT molecular complexity index is 153. The molecule has 1 atom stereocenters. The van der Waals surface area contributed by atoms with Crippen LogP contribution in [0.5, 0.6) is 0 Å². The standard InChI is InChI=1S/C8H12O2S/c9-8(10-5-6-11)7-3-1-2-4-7/h1-4,7-9,11H,5-6H2/t8-/m0/s1. The first-order chi connectivity index (χ1) is 5.34. The van der Waals surface area contributed by atoms with Crippen molar-refractivity contribution in [2.24, 2.45) is 5.92 Å². The van der Waals surface area contributed by atoms with Crippen LogP contribution in [0.15, 0.2) is 24.3 Å². The molecule has 0 aromatic heterocycles. The van der Waals surface area contributed by atoms with Crippen LogP contribution in [0.1, 0.15) is 0 Å². The van der Waals surface area contributed by atoms with Gasteiger partial charge in [-0.25, -0.2) is 0 Å². The van der Waals surface area contributed by atoms with Gasteiger partial charge in [0, 0.05) is 11.7 Å². The molecule has 1 aliphatic rings. The number of aliphatic hydroxyl groups is 1. The Morgan fingerprint density at radius 3 is 2.64 bits per heavy atom. The van der Waals surface area contributed by atoms with Gasteiger partial charge >= 0.3 is 0 Å². The average Bonchev–Trinajstić information content (AvgIpc) is 2.52. The lowest BCUT2D eigenvalue weighted by Gasteiger charge is -2.14. The highest BCUT2D eigenvalue weighted by Gasteiger charge is 2.14. The predicted octanol–water partition coefficient (Wildman–Crippen LogP) is 0.993. The van der Waals surface area contributed by atoms with Crippen LogP contribution in [-0.2, 0) is 4.74 Å². The molecule has 0 amide bonds. The second-order valence-electron chi connectivity index (χ2n) is 2.33. The van der Waals surface area contributed by atoms with Crippen molar-refractivity contribution < 1.29 is 9.84 Å². The molecule has 1 aliphatic carbocycles. The van der Waals surface area contributed by atoms with E-state index in [2.05, 4.69) is 12.6 Å². The molecule has 0 spiro atoms. The first kappa shape index (κ1) is 8.84. The molecule has 0 radical (unpaired) electrons. The molecule has 0 unspecified atom stereocenters. The van der Waals surface area contributed by atoms with Gasteiger partial charge in [-0.1, -0.05) is 24.3 Å². The number of allylic oxidation sites excluding steroid dienone is 2. The van der Waals surface area contributed by atoms with Crippen molar-refractivity contribution in [3.63, 3.8) is 0 Å². The summed E-state index contributed by atoms with van der Waals surface area (Å²) in [5, 5.41) is 9.32. The summed E-state index contributed by atoms with van der Waals surface area (Å²) in [6, 6.07) is 0. The van der Waals surface area contributed by atoms with E-state index < -0.39 is 6.29 Å². The Labute approximate surface area is 72.0 Å². The predicted molar refractivity (Wildman–Crippen MR) is 47.6 cm³/mol. The molecular weight excluding hydrogens is 160 g/mol. The maximum absolute atomic E-state index is 9.32. The summed E-state index contributed by atoms with van der Waals surface area (Å²) in [6.45, 7) is 0.489. The van der Waals surface area contributed by atoms with Gasteiger partial charge in [0.25, 0.3) is 0 Å². The third kappa shape index (κ3) is 2.69. The molecule has 0 fully saturated rings. The minimum Gasteiger partial charge on any atom is -0.367 e. The van der Waals surface area contributed by atoms with E-state index in [0.29, 0.717) is 12.4 Å². The summed E-state index contributed by atoms with van der Waals surface area (Å²) in [4.78, 5) is 0. The fourth-order valence-corrected chi connectivity index (χ4v) is 1.03. The first-order valence-electron chi connectivity index (χ1n) is 3.60. The largest absolute Gasteiger partial charge is 0.367 e. The quantitative estimate of drug-likeness (QED) is 0.489. The number of hydrogen-bond donors (Lipinski definition) is 2. The van der Waals surface area contributed by atoms with Crippen LogP contribution >= 0.6 is 12.6 Å². The van der Waals surface area contributed by atoms with Gasteiger partial charge in [0.15, 0.2) is 6.29 Å². The summed E-state index contributed by atoms with van der Waals surface area (Å²) in [7, 11) is 0. The van der Waals surface area contributed by atoms with Crippen LogP contribution in [0, 0.1) is 5.92 Å². The highest BCUT2D eigenvalue weighted by molar-refractivity contribution is 7.80. The second kappa shape index (κ2) is 4.59. The lowest BCUT2D eigenvalue weighted by molar-refractivity contribution is -0.108. The summed E-state index contributed by atoms with van der Waals surface area (Å²) in [5.74, 6) is 0.659. The normalized spacial score (nSPS) is 19.5. The summed E-state index contributed by atoms with van der Waals surface area (Å²) in [6.07, 6.45) is 6.90. The number of thiol groups is 1. The van der Waals surface area contributed by atoms with Crippen molar-refractivity contribution in [3.8, 4) is 0 Å². The Morgan fingerprint density at radius 1 is 1.45 bits per heavy atom. The molecule has 2 nitrogen and oxygen atoms in total. The van der Waals surface area contributed by atoms with Crippen LogP contribution in [0.2, 0.25) is 0 Å². The zero-order valence-corrected chi connectivity index (χ0v) is 7.08. The van der Waals surface area contributed by atoms with Gasteiger partial charge in [-0.15, -0.1) is 0 Å². The molecule has 0 aromatic rings. The molecular formula is C8H12O2S. The third-order valence-electron chi connectivity index (χ3n) is 1.49. The van der Waals surface area contributed by atoms with E-state index in [9.17, 15) is 5.11 Å². The monoisotopic (exact) mass is 172 g/mol. The Morgan fingerprint density at radius 2 is 2.09 bits per heavy atom. The minimum atomic E-state index is -0.711. The third-order valence-corrected chi connectivity index (χ3v) is 1.67. The number of hydrogen-bond acceptors (Lipinski definition) is 3. The number of rotatable bonds is 4. The van der Waals surface area contributed by atoms with Crippen molar-refractivity contribution >= 4 is 12.6 Å². The van der Waals surface area contributed by atoms with Gasteiger partial charge in [0.05, 0.1) is 6.61 Å². The molecule has 0 aromatic carbocycles. The average molecular weight is 172 g/mol. The van der Waals surface area contributed by atoms with Gasteiger partial charge < -0.3 is 9.84 Å². The second-order valence-corrected chi connectivity index (χ2v) is 2.78. The fraction of sp³-hybridized carbons (Fsp3) is 0.500. The minimum absolute atomic E-state index is 0.0230. The molecule has 11 heavy (non-hydrogen) atoms. The van der Waals surface area contributed by atoms with Gasteiger partial charge in [0.2, 0.25) is 0 Å². The molecule has 1 rings (SSSR count). The van der Waals surface area contributed by atoms with Crippen molar-refractivity contribution in [1.29, 1.82) is 0 Å². The Balaban J connectivity index is 2.24. The summed E-state index contributed by atoms with van der Waals surface area (Å²) < 4.78 is 5.05. The van der Waals surface area contributed by atoms with Crippen LogP contribution < -0.4 is 0 Å². The van der Waals surface area contributed by atoms with Crippen molar-refractivity contribution in [2.45, 2.75) is 6.29 Å². The summed E-state index contributed by atoms with van der Waals surface area (Å²) >= 11 is 3.97. The Kier molecular flexibility index (Phi) is 3.69. The maximum atomic E-state index is 9.32. The highest BCUT2D eigenvalue weighted by Crippen LogP contribution is 2.14. The van der Waals surface area contributed by atoms with E-state index in [1.807, 2.05) is 24.3 Å². The van der Waals surface area contributed by atoms with Crippen molar-refractivity contribution in [2.75, 3.05) is 12.4 Å². The lowest BCUT2D eigenvalue weighted by atomic mass is 10.2. The molecule has 0 bridgehead atoms. The van der Waals surface area contributed by atoms with Crippen LogP contribution in [0.25, 0.3) is 0 Å². The van der Waals surface area contributed by atoms with Gasteiger partial charge in [0.1, 0.15) is 0 Å². The fourth-order valence-electron chi connectivity index (χ4n) is 0.924. The highest BCUT2D eigenvalue weighted by atomic mass is 32.1. The van der Waals surface area contributed by atoms with E-state index in [0.717, 1.165) is 0 Å². The lowest BCUT2D eigenvalue weighted by Crippen LogP contribution is -2.20. The molecule has 0 aliphatic heterocycles. The van der Waals surface area contributed by atoms with E-state index in [4.69, 9.17) is 4.74 Å². The molecule has 0 saturated carbocycles. The van der Waals surface area contributed by atoms with Crippen molar-refractivity contribution in [3.05, 3.63) is 24.3 Å². The van der Waals surface area contributed by atoms with Crippen molar-refractivity contribution in [1.82, 2.24) is 0 Å². The first-order valence-corrected chi connectivity index (χ1v) is 4.23. The zero-order chi connectivity index (χ0) is 8.10. The van der Waals surface area contributed by atoms with Gasteiger partial charge in [-0.05, 0) is 0 Å². The molecule has 62 valence electrons. The van der Waals surface area contributed by atoms with Gasteiger partial charge in [-0.3, -0.25) is 0 Å². The SMILES string of the molecule is O[C@@H](OCCS)C1C=CC=C1. The van der Waals surface area contributed by atoms with Gasteiger partial charge in [-0.2, -0.15) is 12.6 Å². The summed E-state index contributed by atoms with van der Waals surface area (Å²) in [5.41, 5.74) is 0. The van der Waals surface area contributed by atoms with E-state index in [1.54, 1.807) is 0 Å². The molecule has 3 heteroatoms. The maximum Gasteiger partial charge on any atom is 0.164 e. The Hall–Kier alpha value is -0.250. The van der Waals surface area contributed by atoms with E-state index in [-0.39, 0.29) is 5.92 Å². The zero-order valence-electron chi connectivity index (χ0n) is 6.18. The number of ether oxygens (including phenoxy) is 1. The van der Waals surface area contributed by atoms with Crippen LogP contribution in [-0.4, -0.2) is 23.8 Å². The van der Waals surface area contributed by atoms with E-state index in [1.165, 1.54) is 0 Å². The van der Waals surface area contributed by atoms with Crippen LogP contribution in [0.3, 0.4) is 0 Å². The molecule has 0 saturated heterocycles. The number of aliphatic hydroxyl groups excluding tert-OH is 1. The molecule has 1 N–H and O–H groups in total. The smallest absolute Gasteiger partial charge is 0.164 e. The van der Waals surface area contributed by atoms with Crippen LogP contribution in [0.4, 0.5) is 0 Å². The molecule has 0 heterocycles.